The third-order valence-electron chi connectivity index (χ3n) is 3.39. The number of halogens is 3. The zero-order valence-corrected chi connectivity index (χ0v) is 9.47. The van der Waals surface area contributed by atoms with Gasteiger partial charge in [0, 0.05) is 0 Å². The largest absolute Gasteiger partial charge is 0.481 e. The SMILES string of the molecule is CC1(C)CCC(C(CC(=O)O)C(F)(F)F)C1. The molecule has 94 valence electrons. The van der Waals surface area contributed by atoms with Gasteiger partial charge in [0.25, 0.3) is 0 Å². The van der Waals surface area contributed by atoms with Gasteiger partial charge in [0.2, 0.25) is 0 Å². The number of carboxylic acid groups (broad SMARTS) is 1. The normalized spacial score (nSPS) is 26.7. The highest BCUT2D eigenvalue weighted by Crippen LogP contribution is 2.49. The molecule has 0 bridgehead atoms. The fourth-order valence-electron chi connectivity index (χ4n) is 2.57. The molecule has 1 rings (SSSR count). The lowest BCUT2D eigenvalue weighted by Gasteiger charge is -2.26. The molecular weight excluding hydrogens is 221 g/mol. The molecule has 0 radical (unpaired) electrons. The second kappa shape index (κ2) is 4.26. The van der Waals surface area contributed by atoms with Gasteiger partial charge in [0.15, 0.2) is 0 Å². The van der Waals surface area contributed by atoms with Gasteiger partial charge in [0.05, 0.1) is 12.3 Å². The van der Waals surface area contributed by atoms with Crippen LogP contribution in [0.5, 0.6) is 0 Å². The van der Waals surface area contributed by atoms with E-state index < -0.39 is 30.4 Å². The van der Waals surface area contributed by atoms with Gasteiger partial charge in [-0.3, -0.25) is 4.79 Å². The van der Waals surface area contributed by atoms with E-state index in [2.05, 4.69) is 0 Å². The molecule has 0 aliphatic heterocycles. The Labute approximate surface area is 92.8 Å². The van der Waals surface area contributed by atoms with Crippen molar-refractivity contribution < 1.29 is 23.1 Å². The molecule has 0 aromatic carbocycles. The van der Waals surface area contributed by atoms with Crippen LogP contribution in [0.4, 0.5) is 13.2 Å². The molecule has 1 fully saturated rings. The lowest BCUT2D eigenvalue weighted by atomic mass is 9.83. The van der Waals surface area contributed by atoms with Crippen LogP contribution in [-0.2, 0) is 4.79 Å². The zero-order chi connectivity index (χ0) is 12.6. The van der Waals surface area contributed by atoms with Gasteiger partial charge in [-0.1, -0.05) is 13.8 Å². The Hall–Kier alpha value is -0.740. The summed E-state index contributed by atoms with van der Waals surface area (Å²) in [4.78, 5) is 10.5. The molecule has 2 nitrogen and oxygen atoms in total. The number of hydrogen-bond acceptors (Lipinski definition) is 1. The van der Waals surface area contributed by atoms with Gasteiger partial charge < -0.3 is 5.11 Å². The summed E-state index contributed by atoms with van der Waals surface area (Å²) in [6, 6.07) is 0. The molecule has 0 amide bonds. The first kappa shape index (κ1) is 13.3. The number of rotatable bonds is 3. The molecule has 2 atom stereocenters. The first-order valence-corrected chi connectivity index (χ1v) is 5.40. The lowest BCUT2D eigenvalue weighted by molar-refractivity contribution is -0.195. The van der Waals surface area contributed by atoms with Crippen LogP contribution in [0.25, 0.3) is 0 Å². The monoisotopic (exact) mass is 238 g/mol. The van der Waals surface area contributed by atoms with E-state index in [-0.39, 0.29) is 5.41 Å². The molecule has 1 aliphatic carbocycles. The third-order valence-corrected chi connectivity index (χ3v) is 3.39. The zero-order valence-electron chi connectivity index (χ0n) is 9.47. The second-order valence-electron chi connectivity index (χ2n) is 5.41. The van der Waals surface area contributed by atoms with Gasteiger partial charge in [-0.25, -0.2) is 0 Å². The van der Waals surface area contributed by atoms with E-state index in [1.807, 2.05) is 13.8 Å². The fraction of sp³-hybridized carbons (Fsp3) is 0.909. The average Bonchev–Trinajstić information content (AvgIpc) is 2.39. The molecule has 16 heavy (non-hydrogen) atoms. The lowest BCUT2D eigenvalue weighted by Crippen LogP contribution is -2.31. The number of aliphatic carboxylic acids is 1. The highest BCUT2D eigenvalue weighted by atomic mass is 19.4. The predicted octanol–water partition coefficient (Wildman–Crippen LogP) is 3.47. The first-order chi connectivity index (χ1) is 7.12. The van der Waals surface area contributed by atoms with Crippen molar-refractivity contribution in [3.8, 4) is 0 Å². The van der Waals surface area contributed by atoms with Gasteiger partial charge in [-0.05, 0) is 30.6 Å². The summed E-state index contributed by atoms with van der Waals surface area (Å²) in [5, 5.41) is 8.54. The number of carbonyl (C=O) groups is 1. The van der Waals surface area contributed by atoms with Crippen molar-refractivity contribution in [1.29, 1.82) is 0 Å². The van der Waals surface area contributed by atoms with Crippen LogP contribution in [0.15, 0.2) is 0 Å². The molecule has 0 heterocycles. The number of carboxylic acids is 1. The van der Waals surface area contributed by atoms with Crippen LogP contribution in [-0.4, -0.2) is 17.3 Å². The molecule has 0 aromatic heterocycles. The molecule has 1 N–H and O–H groups in total. The summed E-state index contributed by atoms with van der Waals surface area (Å²) in [5.41, 5.74) is -0.0906. The van der Waals surface area contributed by atoms with Crippen molar-refractivity contribution in [1.82, 2.24) is 0 Å². The molecule has 0 aromatic rings. The van der Waals surface area contributed by atoms with E-state index in [1.165, 1.54) is 0 Å². The van der Waals surface area contributed by atoms with Crippen molar-refractivity contribution in [2.75, 3.05) is 0 Å². The maximum atomic E-state index is 12.7. The van der Waals surface area contributed by atoms with Crippen molar-refractivity contribution in [3.05, 3.63) is 0 Å². The Bertz CT molecular complexity index is 271. The van der Waals surface area contributed by atoms with Gasteiger partial charge in [-0.2, -0.15) is 13.2 Å². The number of hydrogen-bond donors (Lipinski definition) is 1. The number of alkyl halides is 3. The summed E-state index contributed by atoms with van der Waals surface area (Å²) in [5.74, 6) is -3.59. The van der Waals surface area contributed by atoms with Gasteiger partial charge >= 0.3 is 12.1 Å². The summed E-state index contributed by atoms with van der Waals surface area (Å²) >= 11 is 0. The molecule has 0 saturated heterocycles. The maximum Gasteiger partial charge on any atom is 0.392 e. The first-order valence-electron chi connectivity index (χ1n) is 5.40. The van der Waals surface area contributed by atoms with Gasteiger partial charge in [0.1, 0.15) is 0 Å². The fourth-order valence-corrected chi connectivity index (χ4v) is 2.57. The summed E-state index contributed by atoms with van der Waals surface area (Å²) in [6.45, 7) is 3.86. The van der Waals surface area contributed by atoms with Crippen LogP contribution in [0.3, 0.4) is 0 Å². The minimum atomic E-state index is -4.40. The van der Waals surface area contributed by atoms with E-state index >= 15 is 0 Å². The molecule has 2 unspecified atom stereocenters. The average molecular weight is 238 g/mol. The smallest absolute Gasteiger partial charge is 0.392 e. The molecular formula is C11H17F3O2. The van der Waals surface area contributed by atoms with E-state index in [9.17, 15) is 18.0 Å². The van der Waals surface area contributed by atoms with E-state index in [0.717, 1.165) is 6.42 Å². The summed E-state index contributed by atoms with van der Waals surface area (Å²) in [6.07, 6.45) is -3.52. The van der Waals surface area contributed by atoms with Crippen LogP contribution in [0.2, 0.25) is 0 Å². The maximum absolute atomic E-state index is 12.7. The van der Waals surface area contributed by atoms with Gasteiger partial charge in [-0.15, -0.1) is 0 Å². The van der Waals surface area contributed by atoms with Crippen molar-refractivity contribution in [3.63, 3.8) is 0 Å². The van der Waals surface area contributed by atoms with Crippen LogP contribution >= 0.6 is 0 Å². The van der Waals surface area contributed by atoms with E-state index in [0.29, 0.717) is 12.8 Å². The Morgan fingerprint density at radius 2 is 2.06 bits per heavy atom. The summed E-state index contributed by atoms with van der Waals surface area (Å²) < 4.78 is 38.2. The second-order valence-corrected chi connectivity index (χ2v) is 5.41. The Morgan fingerprint density at radius 1 is 1.50 bits per heavy atom. The molecule has 5 heteroatoms. The van der Waals surface area contributed by atoms with Crippen molar-refractivity contribution >= 4 is 5.97 Å². The van der Waals surface area contributed by atoms with Crippen LogP contribution < -0.4 is 0 Å². The third kappa shape index (κ3) is 3.39. The minimum absolute atomic E-state index is 0.0906. The van der Waals surface area contributed by atoms with Crippen LogP contribution in [0, 0.1) is 17.3 Å². The van der Waals surface area contributed by atoms with E-state index in [4.69, 9.17) is 5.11 Å². The molecule has 0 spiro atoms. The Balaban J connectivity index is 2.75. The van der Waals surface area contributed by atoms with Crippen LogP contribution in [0.1, 0.15) is 39.5 Å². The predicted molar refractivity (Wildman–Crippen MR) is 52.9 cm³/mol. The minimum Gasteiger partial charge on any atom is -0.481 e. The highest BCUT2D eigenvalue weighted by Gasteiger charge is 2.48. The standard InChI is InChI=1S/C11H17F3O2/c1-10(2)4-3-7(6-10)8(5-9(15)16)11(12,13)14/h7-8H,3-6H2,1-2H3,(H,15,16). The topological polar surface area (TPSA) is 37.3 Å². The summed E-state index contributed by atoms with van der Waals surface area (Å²) in [7, 11) is 0. The highest BCUT2D eigenvalue weighted by molar-refractivity contribution is 5.67. The van der Waals surface area contributed by atoms with Crippen molar-refractivity contribution in [2.24, 2.45) is 17.3 Å². The van der Waals surface area contributed by atoms with E-state index in [1.54, 1.807) is 0 Å². The quantitative estimate of drug-likeness (QED) is 0.817. The Kier molecular flexibility index (Phi) is 3.55. The molecule has 1 aliphatic rings. The molecule has 1 saturated carbocycles. The Morgan fingerprint density at radius 3 is 2.38 bits per heavy atom. The van der Waals surface area contributed by atoms with Crippen molar-refractivity contribution in [2.45, 2.75) is 45.7 Å².